The molecular weight excluding hydrogens is 178 g/mol. The van der Waals surface area contributed by atoms with E-state index in [-0.39, 0.29) is 5.92 Å². The molecule has 0 saturated carbocycles. The van der Waals surface area contributed by atoms with Crippen LogP contribution in [0.4, 0.5) is 0 Å². The van der Waals surface area contributed by atoms with Crippen LogP contribution in [-0.4, -0.2) is 16.1 Å². The van der Waals surface area contributed by atoms with E-state index in [9.17, 15) is 4.79 Å². The number of carboxylic acids is 1. The van der Waals surface area contributed by atoms with Crippen LogP contribution < -0.4 is 0 Å². The van der Waals surface area contributed by atoms with Crippen LogP contribution in [0.5, 0.6) is 0 Å². The second kappa shape index (κ2) is 4.22. The number of aromatic nitrogens is 1. The molecule has 14 heavy (non-hydrogen) atoms. The Hall–Kier alpha value is -1.38. The lowest BCUT2D eigenvalue weighted by atomic mass is 9.93. The lowest BCUT2D eigenvalue weighted by Gasteiger charge is -2.13. The molecule has 1 rings (SSSR count). The zero-order valence-corrected chi connectivity index (χ0v) is 8.74. The Balaban J connectivity index is 3.35. The summed E-state index contributed by atoms with van der Waals surface area (Å²) in [4.78, 5) is 14.9. The summed E-state index contributed by atoms with van der Waals surface area (Å²) in [6.45, 7) is 6.01. The molecule has 0 amide bonds. The fourth-order valence-electron chi connectivity index (χ4n) is 1.65. The van der Waals surface area contributed by atoms with Gasteiger partial charge in [0.15, 0.2) is 0 Å². The molecule has 1 aromatic rings. The quantitative estimate of drug-likeness (QED) is 0.802. The molecule has 76 valence electrons. The SMILES string of the molecule is CCc1cncc(C(=O)O)c1C(C)C. The highest BCUT2D eigenvalue weighted by atomic mass is 16.4. The van der Waals surface area contributed by atoms with Gasteiger partial charge in [0.1, 0.15) is 0 Å². The Morgan fingerprint density at radius 2 is 2.14 bits per heavy atom. The van der Waals surface area contributed by atoms with Crippen molar-refractivity contribution in [1.29, 1.82) is 0 Å². The maximum atomic E-state index is 11.0. The molecule has 0 aromatic carbocycles. The molecule has 1 heterocycles. The fraction of sp³-hybridized carbons (Fsp3) is 0.455. The normalized spacial score (nSPS) is 10.6. The lowest BCUT2D eigenvalue weighted by molar-refractivity contribution is 0.0694. The molecule has 0 spiro atoms. The van der Waals surface area contributed by atoms with Crippen LogP contribution >= 0.6 is 0 Å². The third-order valence-corrected chi connectivity index (χ3v) is 2.26. The van der Waals surface area contributed by atoms with E-state index in [1.165, 1.54) is 6.20 Å². The molecule has 0 bridgehead atoms. The minimum Gasteiger partial charge on any atom is -0.478 e. The molecule has 1 aromatic heterocycles. The van der Waals surface area contributed by atoms with Gasteiger partial charge in [0.25, 0.3) is 0 Å². The number of pyridine rings is 1. The van der Waals surface area contributed by atoms with Gasteiger partial charge in [-0.05, 0) is 23.5 Å². The second-order valence-electron chi connectivity index (χ2n) is 3.57. The van der Waals surface area contributed by atoms with Crippen LogP contribution in [0.15, 0.2) is 12.4 Å². The summed E-state index contributed by atoms with van der Waals surface area (Å²) in [5.41, 5.74) is 2.27. The average Bonchev–Trinajstić information content (AvgIpc) is 2.16. The molecule has 0 fully saturated rings. The molecule has 0 aliphatic heterocycles. The van der Waals surface area contributed by atoms with Crippen LogP contribution in [0.25, 0.3) is 0 Å². The summed E-state index contributed by atoms with van der Waals surface area (Å²) in [7, 11) is 0. The monoisotopic (exact) mass is 193 g/mol. The van der Waals surface area contributed by atoms with Crippen LogP contribution in [0.3, 0.4) is 0 Å². The van der Waals surface area contributed by atoms with Gasteiger partial charge in [0.2, 0.25) is 0 Å². The minimum absolute atomic E-state index is 0.221. The summed E-state index contributed by atoms with van der Waals surface area (Å²) in [6, 6.07) is 0. The van der Waals surface area contributed by atoms with Crippen LogP contribution in [0, 0.1) is 0 Å². The van der Waals surface area contributed by atoms with Gasteiger partial charge in [-0.3, -0.25) is 4.98 Å². The van der Waals surface area contributed by atoms with Crippen molar-refractivity contribution >= 4 is 5.97 Å². The highest BCUT2D eigenvalue weighted by Gasteiger charge is 2.16. The van der Waals surface area contributed by atoms with Crippen molar-refractivity contribution in [2.24, 2.45) is 0 Å². The first kappa shape index (κ1) is 10.7. The van der Waals surface area contributed by atoms with Crippen LogP contribution in [-0.2, 0) is 6.42 Å². The maximum absolute atomic E-state index is 11.0. The summed E-state index contributed by atoms with van der Waals surface area (Å²) in [6.07, 6.45) is 4.00. The third kappa shape index (κ3) is 1.92. The highest BCUT2D eigenvalue weighted by molar-refractivity contribution is 5.89. The van der Waals surface area contributed by atoms with E-state index in [0.717, 1.165) is 17.5 Å². The Bertz CT molecular complexity index is 345. The molecule has 0 saturated heterocycles. The number of nitrogens with zero attached hydrogens (tertiary/aromatic N) is 1. The number of aryl methyl sites for hydroxylation is 1. The van der Waals surface area contributed by atoms with Crippen molar-refractivity contribution in [3.8, 4) is 0 Å². The van der Waals surface area contributed by atoms with Crippen molar-refractivity contribution in [3.63, 3.8) is 0 Å². The predicted octanol–water partition coefficient (Wildman–Crippen LogP) is 2.47. The Morgan fingerprint density at radius 1 is 1.50 bits per heavy atom. The molecule has 0 aliphatic carbocycles. The van der Waals surface area contributed by atoms with Gasteiger partial charge in [-0.15, -0.1) is 0 Å². The Kier molecular flexibility index (Phi) is 3.23. The van der Waals surface area contributed by atoms with E-state index >= 15 is 0 Å². The van der Waals surface area contributed by atoms with E-state index in [1.807, 2.05) is 20.8 Å². The Morgan fingerprint density at radius 3 is 2.57 bits per heavy atom. The number of carboxylic acid groups (broad SMARTS) is 1. The molecule has 0 radical (unpaired) electrons. The van der Waals surface area contributed by atoms with Crippen LogP contribution in [0.2, 0.25) is 0 Å². The van der Waals surface area contributed by atoms with Crippen molar-refractivity contribution in [2.75, 3.05) is 0 Å². The van der Waals surface area contributed by atoms with Crippen molar-refractivity contribution in [1.82, 2.24) is 4.98 Å². The van der Waals surface area contributed by atoms with Gasteiger partial charge < -0.3 is 5.11 Å². The molecule has 1 N–H and O–H groups in total. The van der Waals surface area contributed by atoms with E-state index in [2.05, 4.69) is 4.98 Å². The number of aromatic carboxylic acids is 1. The second-order valence-corrected chi connectivity index (χ2v) is 3.57. The smallest absolute Gasteiger partial charge is 0.337 e. The Labute approximate surface area is 83.8 Å². The first-order chi connectivity index (χ1) is 6.57. The molecule has 0 aliphatic rings. The van der Waals surface area contributed by atoms with E-state index in [0.29, 0.717) is 5.56 Å². The third-order valence-electron chi connectivity index (χ3n) is 2.26. The van der Waals surface area contributed by atoms with Crippen molar-refractivity contribution in [3.05, 3.63) is 29.1 Å². The number of hydrogen-bond acceptors (Lipinski definition) is 2. The zero-order valence-electron chi connectivity index (χ0n) is 8.74. The summed E-state index contributed by atoms with van der Waals surface area (Å²) < 4.78 is 0. The van der Waals surface area contributed by atoms with Gasteiger partial charge in [-0.25, -0.2) is 4.79 Å². The topological polar surface area (TPSA) is 50.2 Å². The maximum Gasteiger partial charge on any atom is 0.337 e. The van der Waals surface area contributed by atoms with Crippen LogP contribution in [0.1, 0.15) is 48.2 Å². The summed E-state index contributed by atoms with van der Waals surface area (Å²) >= 11 is 0. The molecular formula is C11H15NO2. The van der Waals surface area contributed by atoms with Gasteiger partial charge in [0, 0.05) is 12.4 Å². The average molecular weight is 193 g/mol. The number of hydrogen-bond donors (Lipinski definition) is 1. The summed E-state index contributed by atoms with van der Waals surface area (Å²) in [5, 5.41) is 8.99. The van der Waals surface area contributed by atoms with E-state index in [1.54, 1.807) is 6.20 Å². The van der Waals surface area contributed by atoms with Gasteiger partial charge in [-0.1, -0.05) is 20.8 Å². The predicted molar refractivity (Wildman–Crippen MR) is 54.7 cm³/mol. The molecule has 3 heteroatoms. The van der Waals surface area contributed by atoms with Gasteiger partial charge in [0.05, 0.1) is 5.56 Å². The van der Waals surface area contributed by atoms with Gasteiger partial charge in [-0.2, -0.15) is 0 Å². The van der Waals surface area contributed by atoms with E-state index < -0.39 is 5.97 Å². The van der Waals surface area contributed by atoms with Crippen molar-refractivity contribution in [2.45, 2.75) is 33.1 Å². The largest absolute Gasteiger partial charge is 0.478 e. The summed E-state index contributed by atoms with van der Waals surface area (Å²) in [5.74, 6) is -0.671. The van der Waals surface area contributed by atoms with E-state index in [4.69, 9.17) is 5.11 Å². The number of carbonyl (C=O) groups is 1. The zero-order chi connectivity index (χ0) is 10.7. The standard InChI is InChI=1S/C11H15NO2/c1-4-8-5-12-6-9(11(13)14)10(8)7(2)3/h5-7H,4H2,1-3H3,(H,13,14). The molecule has 3 nitrogen and oxygen atoms in total. The fourth-order valence-corrected chi connectivity index (χ4v) is 1.65. The first-order valence-electron chi connectivity index (χ1n) is 4.78. The van der Waals surface area contributed by atoms with Gasteiger partial charge >= 0.3 is 5.97 Å². The molecule has 0 atom stereocenters. The first-order valence-corrected chi connectivity index (χ1v) is 4.78. The minimum atomic E-state index is -0.892. The lowest BCUT2D eigenvalue weighted by Crippen LogP contribution is -2.08. The molecule has 0 unspecified atom stereocenters. The highest BCUT2D eigenvalue weighted by Crippen LogP contribution is 2.23. The van der Waals surface area contributed by atoms with Crippen molar-refractivity contribution < 1.29 is 9.90 Å². The number of rotatable bonds is 3.